The Balaban J connectivity index is 1.77. The van der Waals surface area contributed by atoms with E-state index in [0.29, 0.717) is 12.4 Å². The molecule has 0 spiro atoms. The third-order valence-corrected chi connectivity index (χ3v) is 4.78. The van der Waals surface area contributed by atoms with E-state index in [1.54, 1.807) is 18.6 Å². The summed E-state index contributed by atoms with van der Waals surface area (Å²) in [6.45, 7) is 5.19. The van der Waals surface area contributed by atoms with E-state index in [1.165, 1.54) is 5.56 Å². The van der Waals surface area contributed by atoms with E-state index in [9.17, 15) is 4.79 Å². The summed E-state index contributed by atoms with van der Waals surface area (Å²) in [6, 6.07) is 0.126. The molecule has 0 unspecified atom stereocenters. The number of likely N-dealkylation sites (tertiary alicyclic amines) is 1. The predicted octanol–water partition coefficient (Wildman–Crippen LogP) is 1.63. The summed E-state index contributed by atoms with van der Waals surface area (Å²) in [5.41, 5.74) is 3.35. The third-order valence-electron chi connectivity index (χ3n) is 4.78. The minimum atomic E-state index is 0.119. The molecule has 2 aromatic heterocycles. The minimum absolute atomic E-state index is 0.119. The van der Waals surface area contributed by atoms with Gasteiger partial charge in [-0.25, -0.2) is 4.98 Å². The lowest BCUT2D eigenvalue weighted by molar-refractivity contribution is -0.130. The van der Waals surface area contributed by atoms with Crippen LogP contribution in [0.2, 0.25) is 0 Å². The topological polar surface area (TPSA) is 67.2 Å². The van der Waals surface area contributed by atoms with E-state index < -0.39 is 0 Å². The molecule has 24 heavy (non-hydrogen) atoms. The molecule has 0 aromatic carbocycles. The molecule has 1 amide bonds. The molecule has 1 fully saturated rings. The zero-order valence-corrected chi connectivity index (χ0v) is 14.7. The first-order valence-electron chi connectivity index (χ1n) is 8.25. The molecule has 1 aliphatic heterocycles. The molecule has 1 aliphatic rings. The number of hydrogen-bond acceptors (Lipinski definition) is 5. The molecule has 3 heterocycles. The summed E-state index contributed by atoms with van der Waals surface area (Å²) in [5.74, 6) is 0.823. The molecule has 0 saturated carbocycles. The lowest BCUT2D eigenvalue weighted by Crippen LogP contribution is -2.39. The van der Waals surface area contributed by atoms with Gasteiger partial charge >= 0.3 is 0 Å². The normalized spacial score (nSPS) is 17.3. The van der Waals surface area contributed by atoms with Crippen molar-refractivity contribution >= 4 is 11.7 Å². The summed E-state index contributed by atoms with van der Waals surface area (Å²) in [5, 5.41) is 4.51. The fourth-order valence-electron chi connectivity index (χ4n) is 3.50. The van der Waals surface area contributed by atoms with Gasteiger partial charge in [0.25, 0.3) is 0 Å². The Morgan fingerprint density at radius 1 is 1.38 bits per heavy atom. The van der Waals surface area contributed by atoms with E-state index in [2.05, 4.69) is 22.0 Å². The zero-order valence-electron chi connectivity index (χ0n) is 14.7. The van der Waals surface area contributed by atoms with Crippen molar-refractivity contribution < 1.29 is 4.79 Å². The number of rotatable bonds is 4. The first-order valence-corrected chi connectivity index (χ1v) is 8.25. The van der Waals surface area contributed by atoms with Crippen LogP contribution >= 0.6 is 0 Å². The molecule has 1 atom stereocenters. The van der Waals surface area contributed by atoms with Crippen LogP contribution in [0.3, 0.4) is 0 Å². The van der Waals surface area contributed by atoms with Crippen molar-refractivity contribution in [1.29, 1.82) is 0 Å². The van der Waals surface area contributed by atoms with Gasteiger partial charge in [0.15, 0.2) is 0 Å². The molecule has 0 N–H and O–H groups in total. The van der Waals surface area contributed by atoms with Crippen LogP contribution in [0, 0.1) is 13.8 Å². The molecular formula is C17H24N6O. The van der Waals surface area contributed by atoms with Gasteiger partial charge in [0.2, 0.25) is 5.91 Å². The van der Waals surface area contributed by atoms with Gasteiger partial charge < -0.3 is 9.80 Å². The Morgan fingerprint density at radius 2 is 2.17 bits per heavy atom. The van der Waals surface area contributed by atoms with Crippen LogP contribution in [0.1, 0.15) is 35.8 Å². The van der Waals surface area contributed by atoms with E-state index in [0.717, 1.165) is 30.8 Å². The van der Waals surface area contributed by atoms with E-state index in [4.69, 9.17) is 0 Å². The Morgan fingerprint density at radius 3 is 2.79 bits per heavy atom. The van der Waals surface area contributed by atoms with Crippen LogP contribution in [-0.2, 0) is 11.8 Å². The highest BCUT2D eigenvalue weighted by molar-refractivity contribution is 5.81. The molecule has 3 rings (SSSR count). The average Bonchev–Trinajstić information content (AvgIpc) is 3.13. The molecule has 7 heteroatoms. The summed E-state index contributed by atoms with van der Waals surface area (Å²) < 4.78 is 1.90. The minimum Gasteiger partial charge on any atom is -0.349 e. The standard InChI is InChI=1S/C17H24N6O/c1-12-17(13(2)22(4)20-12)14-6-5-9-23(14)16(24)11-21(3)15-10-18-7-8-19-15/h7-8,10,14H,5-6,9,11H2,1-4H3/t14-/m1/s1. The van der Waals surface area contributed by atoms with Crippen LogP contribution in [-0.4, -0.2) is 50.7 Å². The lowest BCUT2D eigenvalue weighted by atomic mass is 10.0. The maximum atomic E-state index is 12.9. The second-order valence-corrected chi connectivity index (χ2v) is 6.37. The van der Waals surface area contributed by atoms with Crippen molar-refractivity contribution in [3.63, 3.8) is 0 Å². The largest absolute Gasteiger partial charge is 0.349 e. The van der Waals surface area contributed by atoms with E-state index in [1.807, 2.05) is 35.5 Å². The Labute approximate surface area is 142 Å². The van der Waals surface area contributed by atoms with Crippen molar-refractivity contribution in [1.82, 2.24) is 24.6 Å². The molecule has 0 aliphatic carbocycles. The molecule has 7 nitrogen and oxygen atoms in total. The number of likely N-dealkylation sites (N-methyl/N-ethyl adjacent to an activating group) is 1. The number of anilines is 1. The molecular weight excluding hydrogens is 304 g/mol. The van der Waals surface area contributed by atoms with Gasteiger partial charge in [0, 0.05) is 44.3 Å². The van der Waals surface area contributed by atoms with Crippen molar-refractivity contribution in [2.45, 2.75) is 32.7 Å². The first kappa shape index (κ1) is 16.4. The van der Waals surface area contributed by atoms with Crippen molar-refractivity contribution in [2.75, 3.05) is 25.0 Å². The second-order valence-electron chi connectivity index (χ2n) is 6.37. The van der Waals surface area contributed by atoms with Crippen LogP contribution < -0.4 is 4.90 Å². The van der Waals surface area contributed by atoms with E-state index in [-0.39, 0.29) is 11.9 Å². The Kier molecular flexibility index (Phi) is 4.51. The van der Waals surface area contributed by atoms with Crippen LogP contribution in [0.5, 0.6) is 0 Å². The fraction of sp³-hybridized carbons (Fsp3) is 0.529. The van der Waals surface area contributed by atoms with Crippen molar-refractivity contribution in [3.8, 4) is 0 Å². The molecule has 2 aromatic rings. The predicted molar refractivity (Wildman–Crippen MR) is 91.7 cm³/mol. The van der Waals surface area contributed by atoms with Crippen molar-refractivity contribution in [3.05, 3.63) is 35.5 Å². The summed E-state index contributed by atoms with van der Waals surface area (Å²) in [6.07, 6.45) is 6.96. The van der Waals surface area contributed by atoms with Crippen LogP contribution in [0.25, 0.3) is 0 Å². The lowest BCUT2D eigenvalue weighted by Gasteiger charge is -2.28. The van der Waals surface area contributed by atoms with Gasteiger partial charge in [-0.1, -0.05) is 0 Å². The number of nitrogens with zero attached hydrogens (tertiary/aromatic N) is 6. The number of aryl methyl sites for hydroxylation is 2. The molecule has 0 bridgehead atoms. The van der Waals surface area contributed by atoms with Gasteiger partial charge in [-0.2, -0.15) is 5.10 Å². The molecule has 128 valence electrons. The smallest absolute Gasteiger partial charge is 0.242 e. The van der Waals surface area contributed by atoms with Crippen LogP contribution in [0.15, 0.2) is 18.6 Å². The van der Waals surface area contributed by atoms with Crippen LogP contribution in [0.4, 0.5) is 5.82 Å². The summed E-state index contributed by atoms with van der Waals surface area (Å²) >= 11 is 0. The fourth-order valence-corrected chi connectivity index (χ4v) is 3.50. The second kappa shape index (κ2) is 6.59. The van der Waals surface area contributed by atoms with Gasteiger partial charge in [-0.05, 0) is 26.7 Å². The molecule has 1 saturated heterocycles. The Hall–Kier alpha value is -2.44. The Bertz CT molecular complexity index is 726. The van der Waals surface area contributed by atoms with Gasteiger partial charge in [0.1, 0.15) is 5.82 Å². The highest BCUT2D eigenvalue weighted by atomic mass is 16.2. The number of hydrogen-bond donors (Lipinski definition) is 0. The first-order chi connectivity index (χ1) is 11.5. The number of carbonyl (C=O) groups excluding carboxylic acids is 1. The number of amides is 1. The maximum absolute atomic E-state index is 12.9. The highest BCUT2D eigenvalue weighted by Gasteiger charge is 2.33. The average molecular weight is 328 g/mol. The third kappa shape index (κ3) is 2.98. The quantitative estimate of drug-likeness (QED) is 0.853. The highest BCUT2D eigenvalue weighted by Crippen LogP contribution is 2.35. The summed E-state index contributed by atoms with van der Waals surface area (Å²) in [4.78, 5) is 25.0. The van der Waals surface area contributed by atoms with Gasteiger partial charge in [-0.15, -0.1) is 0 Å². The maximum Gasteiger partial charge on any atom is 0.242 e. The van der Waals surface area contributed by atoms with Gasteiger partial charge in [0.05, 0.1) is 24.5 Å². The number of aromatic nitrogens is 4. The van der Waals surface area contributed by atoms with Gasteiger partial charge in [-0.3, -0.25) is 14.5 Å². The number of carbonyl (C=O) groups is 1. The summed E-state index contributed by atoms with van der Waals surface area (Å²) in [7, 11) is 3.82. The zero-order chi connectivity index (χ0) is 17.3. The molecule has 0 radical (unpaired) electrons. The van der Waals surface area contributed by atoms with E-state index >= 15 is 0 Å². The van der Waals surface area contributed by atoms with Crippen molar-refractivity contribution in [2.24, 2.45) is 7.05 Å². The SMILES string of the molecule is Cc1nn(C)c(C)c1[C@H]1CCCN1C(=O)CN(C)c1cnccn1. The monoisotopic (exact) mass is 328 g/mol.